The van der Waals surface area contributed by atoms with Gasteiger partial charge in [-0.1, -0.05) is 19.3 Å². The number of carbonyl (C=O) groups excluding carboxylic acids is 1. The molecule has 1 saturated heterocycles. The number of carbonyl (C=O) groups is 2. The topological polar surface area (TPSA) is 87.7 Å². The van der Waals surface area contributed by atoms with Crippen LogP contribution in [-0.4, -0.2) is 41.9 Å². The maximum Gasteiger partial charge on any atom is 0.315 e. The van der Waals surface area contributed by atoms with E-state index in [-0.39, 0.29) is 18.6 Å². The molecule has 2 fully saturated rings. The number of urea groups is 1. The molecule has 21 heavy (non-hydrogen) atoms. The molecule has 120 valence electrons. The smallest absolute Gasteiger partial charge is 0.315 e. The molecule has 1 saturated carbocycles. The zero-order chi connectivity index (χ0) is 15.1. The number of aliphatic carboxylic acids is 1. The molecule has 2 aliphatic rings. The predicted octanol–water partition coefficient (Wildman–Crippen LogP) is 2.03. The van der Waals surface area contributed by atoms with Gasteiger partial charge < -0.3 is 20.5 Å². The van der Waals surface area contributed by atoms with Crippen molar-refractivity contribution < 1.29 is 19.4 Å². The quantitative estimate of drug-likeness (QED) is 0.700. The van der Waals surface area contributed by atoms with E-state index in [0.717, 1.165) is 58.0 Å². The van der Waals surface area contributed by atoms with Crippen molar-refractivity contribution in [3.8, 4) is 0 Å². The van der Waals surface area contributed by atoms with Crippen molar-refractivity contribution in [3.63, 3.8) is 0 Å². The standard InChI is InChI=1S/C15H26N2O4/c18-13(19)11-15(7-2-1-3-8-15)17-14(20)16-9-6-12-5-4-10-21-12/h12H,1-11H2,(H,18,19)(H2,16,17,20). The minimum atomic E-state index is -0.850. The lowest BCUT2D eigenvalue weighted by molar-refractivity contribution is -0.139. The van der Waals surface area contributed by atoms with Gasteiger partial charge in [0.25, 0.3) is 0 Å². The Hall–Kier alpha value is -1.30. The minimum absolute atomic E-state index is 0.00611. The fourth-order valence-corrected chi connectivity index (χ4v) is 3.37. The Bertz CT molecular complexity index is 361. The molecule has 1 atom stereocenters. The molecule has 1 aliphatic carbocycles. The van der Waals surface area contributed by atoms with Gasteiger partial charge in [-0.2, -0.15) is 0 Å². The third-order valence-electron chi connectivity index (χ3n) is 4.45. The lowest BCUT2D eigenvalue weighted by Gasteiger charge is -2.36. The van der Waals surface area contributed by atoms with Crippen LogP contribution >= 0.6 is 0 Å². The van der Waals surface area contributed by atoms with Crippen LogP contribution in [0.3, 0.4) is 0 Å². The third-order valence-corrected chi connectivity index (χ3v) is 4.45. The highest BCUT2D eigenvalue weighted by Crippen LogP contribution is 2.31. The highest BCUT2D eigenvalue weighted by atomic mass is 16.5. The molecule has 1 heterocycles. The SMILES string of the molecule is O=C(O)CC1(NC(=O)NCCC2CCCO2)CCCCC1. The first kappa shape index (κ1) is 16.1. The second kappa shape index (κ2) is 7.64. The van der Waals surface area contributed by atoms with E-state index in [2.05, 4.69) is 10.6 Å². The Labute approximate surface area is 125 Å². The summed E-state index contributed by atoms with van der Waals surface area (Å²) in [5.41, 5.74) is -0.571. The van der Waals surface area contributed by atoms with Crippen molar-refractivity contribution >= 4 is 12.0 Å². The van der Waals surface area contributed by atoms with Gasteiger partial charge in [0, 0.05) is 13.2 Å². The van der Waals surface area contributed by atoms with Crippen LogP contribution in [0.4, 0.5) is 4.79 Å². The second-order valence-corrected chi connectivity index (χ2v) is 6.22. The van der Waals surface area contributed by atoms with E-state index >= 15 is 0 Å². The molecule has 2 rings (SSSR count). The molecule has 0 aromatic rings. The van der Waals surface area contributed by atoms with Crippen LogP contribution in [0.2, 0.25) is 0 Å². The molecule has 6 nitrogen and oxygen atoms in total. The summed E-state index contributed by atoms with van der Waals surface area (Å²) in [7, 11) is 0. The first-order chi connectivity index (χ1) is 10.1. The summed E-state index contributed by atoms with van der Waals surface area (Å²) < 4.78 is 5.51. The van der Waals surface area contributed by atoms with E-state index in [0.29, 0.717) is 6.54 Å². The zero-order valence-electron chi connectivity index (χ0n) is 12.5. The van der Waals surface area contributed by atoms with Crippen LogP contribution in [0, 0.1) is 0 Å². The van der Waals surface area contributed by atoms with Crippen molar-refractivity contribution in [2.24, 2.45) is 0 Å². The summed E-state index contributed by atoms with van der Waals surface area (Å²) in [4.78, 5) is 23.1. The van der Waals surface area contributed by atoms with Crippen LogP contribution in [-0.2, 0) is 9.53 Å². The van der Waals surface area contributed by atoms with Gasteiger partial charge in [0.15, 0.2) is 0 Å². The molecule has 3 N–H and O–H groups in total. The van der Waals surface area contributed by atoms with E-state index in [9.17, 15) is 9.59 Å². The summed E-state index contributed by atoms with van der Waals surface area (Å²) in [5, 5.41) is 14.8. The van der Waals surface area contributed by atoms with Crippen molar-refractivity contribution in [3.05, 3.63) is 0 Å². The van der Waals surface area contributed by atoms with E-state index in [4.69, 9.17) is 9.84 Å². The summed E-state index contributed by atoms with van der Waals surface area (Å²) in [5.74, 6) is -0.850. The average Bonchev–Trinajstić information content (AvgIpc) is 2.91. The first-order valence-electron chi connectivity index (χ1n) is 7.99. The predicted molar refractivity (Wildman–Crippen MR) is 78.2 cm³/mol. The number of hydrogen-bond acceptors (Lipinski definition) is 3. The van der Waals surface area contributed by atoms with Crippen molar-refractivity contribution in [1.29, 1.82) is 0 Å². The van der Waals surface area contributed by atoms with Gasteiger partial charge in [0.2, 0.25) is 0 Å². The highest BCUT2D eigenvalue weighted by Gasteiger charge is 2.35. The van der Waals surface area contributed by atoms with Crippen molar-refractivity contribution in [2.75, 3.05) is 13.2 Å². The maximum atomic E-state index is 12.0. The van der Waals surface area contributed by atoms with Crippen molar-refractivity contribution in [1.82, 2.24) is 10.6 Å². The summed E-state index contributed by atoms with van der Waals surface area (Å²) >= 11 is 0. The Kier molecular flexibility index (Phi) is 5.85. The van der Waals surface area contributed by atoms with Crippen LogP contribution in [0.25, 0.3) is 0 Å². The lowest BCUT2D eigenvalue weighted by Crippen LogP contribution is -2.54. The monoisotopic (exact) mass is 298 g/mol. The van der Waals surface area contributed by atoms with Crippen LogP contribution in [0.5, 0.6) is 0 Å². The van der Waals surface area contributed by atoms with Gasteiger partial charge >= 0.3 is 12.0 Å². The van der Waals surface area contributed by atoms with Gasteiger partial charge in [0.05, 0.1) is 18.1 Å². The van der Waals surface area contributed by atoms with E-state index < -0.39 is 11.5 Å². The van der Waals surface area contributed by atoms with Gasteiger partial charge in [0.1, 0.15) is 0 Å². The Morgan fingerprint density at radius 1 is 1.19 bits per heavy atom. The average molecular weight is 298 g/mol. The van der Waals surface area contributed by atoms with E-state index in [1.54, 1.807) is 0 Å². The third kappa shape index (κ3) is 5.19. The molecule has 2 amide bonds. The number of ether oxygens (including phenoxy) is 1. The molecule has 6 heteroatoms. The van der Waals surface area contributed by atoms with Gasteiger partial charge in [-0.3, -0.25) is 4.79 Å². The summed E-state index contributed by atoms with van der Waals surface area (Å²) in [6, 6.07) is -0.254. The highest BCUT2D eigenvalue weighted by molar-refractivity contribution is 5.76. The normalized spacial score (nSPS) is 24.5. The fourth-order valence-electron chi connectivity index (χ4n) is 3.37. The number of amides is 2. The number of hydrogen-bond donors (Lipinski definition) is 3. The summed E-state index contributed by atoms with van der Waals surface area (Å²) in [6.07, 6.45) is 7.80. The largest absolute Gasteiger partial charge is 0.481 e. The van der Waals surface area contributed by atoms with E-state index in [1.165, 1.54) is 0 Å². The second-order valence-electron chi connectivity index (χ2n) is 6.22. The van der Waals surface area contributed by atoms with E-state index in [1.807, 2.05) is 0 Å². The summed E-state index contributed by atoms with van der Waals surface area (Å²) in [6.45, 7) is 1.39. The molecule has 0 radical (unpaired) electrons. The Balaban J connectivity index is 1.75. The van der Waals surface area contributed by atoms with Gasteiger partial charge in [-0.15, -0.1) is 0 Å². The number of nitrogens with one attached hydrogen (secondary N) is 2. The molecular weight excluding hydrogens is 272 g/mol. The Morgan fingerprint density at radius 3 is 2.57 bits per heavy atom. The molecule has 1 aliphatic heterocycles. The molecule has 0 aromatic heterocycles. The van der Waals surface area contributed by atoms with Gasteiger partial charge in [-0.25, -0.2) is 4.79 Å². The molecule has 1 unspecified atom stereocenters. The fraction of sp³-hybridized carbons (Fsp3) is 0.867. The number of carboxylic acids is 1. The number of rotatable bonds is 6. The minimum Gasteiger partial charge on any atom is -0.481 e. The van der Waals surface area contributed by atoms with Crippen LogP contribution < -0.4 is 10.6 Å². The van der Waals surface area contributed by atoms with Crippen LogP contribution in [0.1, 0.15) is 57.8 Å². The molecule has 0 bridgehead atoms. The lowest BCUT2D eigenvalue weighted by atomic mass is 9.79. The Morgan fingerprint density at radius 2 is 1.95 bits per heavy atom. The van der Waals surface area contributed by atoms with Crippen molar-refractivity contribution in [2.45, 2.75) is 69.4 Å². The zero-order valence-corrected chi connectivity index (χ0v) is 12.5. The number of carboxylic acid groups (broad SMARTS) is 1. The van der Waals surface area contributed by atoms with Crippen LogP contribution in [0.15, 0.2) is 0 Å². The maximum absolute atomic E-state index is 12.0. The first-order valence-corrected chi connectivity index (χ1v) is 7.99. The molecule has 0 aromatic carbocycles. The molecular formula is C15H26N2O4. The molecule has 0 spiro atoms. The van der Waals surface area contributed by atoms with Gasteiger partial charge in [-0.05, 0) is 32.1 Å².